The molecular formula is C14H21NO2. The number of unbranched alkanes of at least 4 members (excludes halogenated alkanes) is 1. The Balaban J connectivity index is 1.61. The smallest absolute Gasteiger partial charge is 0.0938 e. The second-order valence-corrected chi connectivity index (χ2v) is 4.84. The van der Waals surface area contributed by atoms with Crippen LogP contribution < -0.4 is 0 Å². The van der Waals surface area contributed by atoms with Crippen molar-refractivity contribution in [2.24, 2.45) is 0 Å². The molecule has 1 fully saturated rings. The molecule has 2 atom stereocenters. The van der Waals surface area contributed by atoms with Crippen LogP contribution in [0.25, 0.3) is 0 Å². The van der Waals surface area contributed by atoms with Crippen molar-refractivity contribution >= 4 is 0 Å². The zero-order valence-electron chi connectivity index (χ0n) is 10.1. The van der Waals surface area contributed by atoms with Crippen LogP contribution >= 0.6 is 0 Å². The number of aryl methyl sites for hydroxylation is 1. The molecule has 3 nitrogen and oxygen atoms in total. The number of aliphatic hydroxyl groups excluding tert-OH is 2. The molecule has 1 aromatic carbocycles. The summed E-state index contributed by atoms with van der Waals surface area (Å²) in [5.74, 6) is 0. The summed E-state index contributed by atoms with van der Waals surface area (Å²) in [5.41, 5.74) is 1.38. The van der Waals surface area contributed by atoms with Gasteiger partial charge in [-0.05, 0) is 31.4 Å². The molecule has 0 aromatic heterocycles. The first kappa shape index (κ1) is 12.6. The quantitative estimate of drug-likeness (QED) is 0.750. The molecule has 0 aliphatic carbocycles. The summed E-state index contributed by atoms with van der Waals surface area (Å²) in [5, 5.41) is 18.8. The van der Waals surface area contributed by atoms with Gasteiger partial charge in [-0.3, -0.25) is 4.90 Å². The zero-order valence-corrected chi connectivity index (χ0v) is 10.1. The first-order chi connectivity index (χ1) is 8.25. The van der Waals surface area contributed by atoms with Crippen LogP contribution in [-0.2, 0) is 6.42 Å². The van der Waals surface area contributed by atoms with E-state index in [9.17, 15) is 10.2 Å². The van der Waals surface area contributed by atoms with Crippen molar-refractivity contribution in [1.29, 1.82) is 0 Å². The van der Waals surface area contributed by atoms with E-state index in [1.165, 1.54) is 5.56 Å². The highest BCUT2D eigenvalue weighted by molar-refractivity contribution is 5.14. The van der Waals surface area contributed by atoms with Crippen LogP contribution in [0, 0.1) is 0 Å². The highest BCUT2D eigenvalue weighted by Crippen LogP contribution is 2.11. The molecule has 1 aliphatic rings. The molecule has 1 heterocycles. The molecule has 0 radical (unpaired) electrons. The third-order valence-corrected chi connectivity index (χ3v) is 3.37. The zero-order chi connectivity index (χ0) is 12.1. The molecule has 1 aliphatic heterocycles. The van der Waals surface area contributed by atoms with Crippen LogP contribution in [0.4, 0.5) is 0 Å². The Morgan fingerprint density at radius 3 is 2.29 bits per heavy atom. The molecule has 94 valence electrons. The van der Waals surface area contributed by atoms with Crippen molar-refractivity contribution in [3.8, 4) is 0 Å². The minimum absolute atomic E-state index is 0.552. The summed E-state index contributed by atoms with van der Waals surface area (Å²) in [6, 6.07) is 10.5. The Kier molecular flexibility index (Phi) is 4.54. The van der Waals surface area contributed by atoms with Crippen molar-refractivity contribution in [1.82, 2.24) is 4.90 Å². The molecular weight excluding hydrogens is 214 g/mol. The fraction of sp³-hybridized carbons (Fsp3) is 0.571. The number of hydrogen-bond acceptors (Lipinski definition) is 3. The fourth-order valence-electron chi connectivity index (χ4n) is 2.34. The van der Waals surface area contributed by atoms with Crippen LogP contribution in [-0.4, -0.2) is 47.0 Å². The molecule has 0 bridgehead atoms. The number of benzene rings is 1. The van der Waals surface area contributed by atoms with E-state index < -0.39 is 12.2 Å². The van der Waals surface area contributed by atoms with Crippen LogP contribution in [0.3, 0.4) is 0 Å². The lowest BCUT2D eigenvalue weighted by Gasteiger charge is -2.14. The van der Waals surface area contributed by atoms with E-state index in [1.807, 2.05) is 6.07 Å². The fourth-order valence-corrected chi connectivity index (χ4v) is 2.34. The van der Waals surface area contributed by atoms with Crippen molar-refractivity contribution in [3.05, 3.63) is 35.9 Å². The Morgan fingerprint density at radius 1 is 1.00 bits per heavy atom. The highest BCUT2D eigenvalue weighted by atomic mass is 16.3. The highest BCUT2D eigenvalue weighted by Gasteiger charge is 2.28. The van der Waals surface area contributed by atoms with Gasteiger partial charge < -0.3 is 10.2 Å². The van der Waals surface area contributed by atoms with Gasteiger partial charge in [0.25, 0.3) is 0 Å². The number of nitrogens with zero attached hydrogens (tertiary/aromatic N) is 1. The van der Waals surface area contributed by atoms with E-state index in [1.54, 1.807) is 0 Å². The molecule has 3 heteroatoms. The second kappa shape index (κ2) is 6.15. The molecule has 1 aromatic rings. The first-order valence-electron chi connectivity index (χ1n) is 6.38. The lowest BCUT2D eigenvalue weighted by atomic mass is 10.1. The maximum atomic E-state index is 9.41. The molecule has 1 saturated heterocycles. The second-order valence-electron chi connectivity index (χ2n) is 4.84. The van der Waals surface area contributed by atoms with Crippen LogP contribution in [0.15, 0.2) is 30.3 Å². The van der Waals surface area contributed by atoms with Crippen molar-refractivity contribution in [3.63, 3.8) is 0 Å². The van der Waals surface area contributed by atoms with Crippen molar-refractivity contribution in [2.75, 3.05) is 19.6 Å². The number of likely N-dealkylation sites (tertiary alicyclic amines) is 1. The minimum atomic E-state index is -0.552. The maximum absolute atomic E-state index is 9.41. The van der Waals surface area contributed by atoms with Gasteiger partial charge in [0.05, 0.1) is 12.2 Å². The summed E-state index contributed by atoms with van der Waals surface area (Å²) >= 11 is 0. The Morgan fingerprint density at radius 2 is 1.65 bits per heavy atom. The van der Waals surface area contributed by atoms with Gasteiger partial charge in [-0.2, -0.15) is 0 Å². The number of hydrogen-bond donors (Lipinski definition) is 2. The maximum Gasteiger partial charge on any atom is 0.0938 e. The predicted octanol–water partition coefficient (Wildman–Crippen LogP) is 1.05. The molecule has 0 spiro atoms. The average Bonchev–Trinajstić information content (AvgIpc) is 2.66. The molecule has 2 unspecified atom stereocenters. The lowest BCUT2D eigenvalue weighted by molar-refractivity contribution is 0.0572. The van der Waals surface area contributed by atoms with Crippen molar-refractivity contribution < 1.29 is 10.2 Å². The van der Waals surface area contributed by atoms with E-state index in [4.69, 9.17) is 0 Å². The normalized spacial score (nSPS) is 25.3. The topological polar surface area (TPSA) is 43.7 Å². The van der Waals surface area contributed by atoms with E-state index in [0.29, 0.717) is 13.1 Å². The molecule has 2 rings (SSSR count). The Bertz CT molecular complexity index is 318. The first-order valence-corrected chi connectivity index (χ1v) is 6.38. The monoisotopic (exact) mass is 235 g/mol. The Labute approximate surface area is 103 Å². The minimum Gasteiger partial charge on any atom is -0.389 e. The predicted molar refractivity (Wildman–Crippen MR) is 67.8 cm³/mol. The third-order valence-electron chi connectivity index (χ3n) is 3.37. The number of rotatable bonds is 5. The third kappa shape index (κ3) is 3.80. The summed E-state index contributed by atoms with van der Waals surface area (Å²) in [6.07, 6.45) is 2.29. The number of aliphatic hydroxyl groups is 2. The largest absolute Gasteiger partial charge is 0.389 e. The number of β-amino-alcohol motifs (C(OH)–C–C–N with tert-alkyl or cyclic N) is 2. The summed E-state index contributed by atoms with van der Waals surface area (Å²) in [7, 11) is 0. The Hall–Kier alpha value is -0.900. The summed E-state index contributed by atoms with van der Waals surface area (Å²) < 4.78 is 0. The van der Waals surface area contributed by atoms with E-state index >= 15 is 0 Å². The average molecular weight is 235 g/mol. The summed E-state index contributed by atoms with van der Waals surface area (Å²) in [6.45, 7) is 2.21. The van der Waals surface area contributed by atoms with Gasteiger partial charge in [0.2, 0.25) is 0 Å². The van der Waals surface area contributed by atoms with Crippen LogP contribution in [0.2, 0.25) is 0 Å². The van der Waals surface area contributed by atoms with E-state index in [2.05, 4.69) is 29.2 Å². The van der Waals surface area contributed by atoms with Gasteiger partial charge in [-0.25, -0.2) is 0 Å². The van der Waals surface area contributed by atoms with Crippen molar-refractivity contribution in [2.45, 2.75) is 31.5 Å². The SMILES string of the molecule is OC1CN(CCCCc2ccccc2)CC1O. The molecule has 0 saturated carbocycles. The lowest BCUT2D eigenvalue weighted by Crippen LogP contribution is -2.23. The summed E-state index contributed by atoms with van der Waals surface area (Å²) in [4.78, 5) is 2.14. The van der Waals surface area contributed by atoms with Gasteiger partial charge in [-0.15, -0.1) is 0 Å². The standard InChI is InChI=1S/C14H21NO2/c16-13-10-15(11-14(13)17)9-5-4-8-12-6-2-1-3-7-12/h1-3,6-7,13-14,16-17H,4-5,8-11H2. The van der Waals surface area contributed by atoms with Crippen LogP contribution in [0.1, 0.15) is 18.4 Å². The van der Waals surface area contributed by atoms with Gasteiger partial charge >= 0.3 is 0 Å². The van der Waals surface area contributed by atoms with Gasteiger partial charge in [0.1, 0.15) is 0 Å². The van der Waals surface area contributed by atoms with Gasteiger partial charge in [-0.1, -0.05) is 30.3 Å². The van der Waals surface area contributed by atoms with Gasteiger partial charge in [0.15, 0.2) is 0 Å². The van der Waals surface area contributed by atoms with E-state index in [-0.39, 0.29) is 0 Å². The molecule has 0 amide bonds. The van der Waals surface area contributed by atoms with Gasteiger partial charge in [0, 0.05) is 13.1 Å². The molecule has 2 N–H and O–H groups in total. The molecule has 17 heavy (non-hydrogen) atoms. The van der Waals surface area contributed by atoms with Crippen LogP contribution in [0.5, 0.6) is 0 Å². The van der Waals surface area contributed by atoms with E-state index in [0.717, 1.165) is 25.8 Å².